The Morgan fingerprint density at radius 3 is 2.72 bits per heavy atom. The molecule has 32 heavy (non-hydrogen) atoms. The van der Waals surface area contributed by atoms with Crippen molar-refractivity contribution in [3.05, 3.63) is 82.7 Å². The quantitative estimate of drug-likeness (QED) is 0.165. The molecule has 0 unspecified atom stereocenters. The SMILES string of the molecule is Cc1ccc(/C=C/C(=O)Nc2ccc(-c3[nH]c4ccc([N+](=O)O)cc4[n+]3O)cn2)c(F)c1. The predicted octanol–water partition coefficient (Wildman–Crippen LogP) is 3.65. The van der Waals surface area contributed by atoms with Crippen LogP contribution in [0.2, 0.25) is 0 Å². The molecule has 0 radical (unpaired) electrons. The highest BCUT2D eigenvalue weighted by molar-refractivity contribution is 6.01. The number of aromatic nitrogens is 3. The van der Waals surface area contributed by atoms with Gasteiger partial charge in [-0.25, -0.2) is 19.6 Å². The van der Waals surface area contributed by atoms with Crippen molar-refractivity contribution in [3.63, 3.8) is 0 Å². The van der Waals surface area contributed by atoms with Crippen LogP contribution in [0.15, 0.2) is 60.8 Å². The van der Waals surface area contributed by atoms with Gasteiger partial charge in [0.2, 0.25) is 11.4 Å². The third-order valence-corrected chi connectivity index (χ3v) is 4.75. The summed E-state index contributed by atoms with van der Waals surface area (Å²) < 4.78 is 14.7. The molecular formula is C22H18FN5O4+2. The van der Waals surface area contributed by atoms with Crippen LogP contribution < -0.4 is 10.0 Å². The summed E-state index contributed by atoms with van der Waals surface area (Å²) in [5.41, 5.74) is 2.35. The highest BCUT2D eigenvalue weighted by Gasteiger charge is 2.24. The van der Waals surface area contributed by atoms with E-state index in [9.17, 15) is 19.3 Å². The number of fused-ring (bicyclic) bond motifs is 1. The molecule has 4 N–H and O–H groups in total. The summed E-state index contributed by atoms with van der Waals surface area (Å²) in [5, 5.41) is 22.0. The van der Waals surface area contributed by atoms with Crippen molar-refractivity contribution in [1.82, 2.24) is 9.97 Å². The molecular weight excluding hydrogens is 417 g/mol. The lowest BCUT2D eigenvalue weighted by atomic mass is 10.1. The number of rotatable bonds is 5. The summed E-state index contributed by atoms with van der Waals surface area (Å²) in [4.78, 5) is 30.0. The molecule has 160 valence electrons. The van der Waals surface area contributed by atoms with E-state index in [0.717, 1.165) is 10.3 Å². The number of aryl methyl sites for hydroxylation is 1. The minimum Gasteiger partial charge on any atom is -0.349 e. The van der Waals surface area contributed by atoms with Crippen molar-refractivity contribution in [2.45, 2.75) is 6.92 Å². The number of carbonyl (C=O) groups is 1. The number of aromatic amines is 1. The van der Waals surface area contributed by atoms with Gasteiger partial charge in [0.25, 0.3) is 4.92 Å². The van der Waals surface area contributed by atoms with Crippen LogP contribution in [0.3, 0.4) is 0 Å². The van der Waals surface area contributed by atoms with E-state index in [1.165, 1.54) is 48.7 Å². The summed E-state index contributed by atoms with van der Waals surface area (Å²) >= 11 is 0. The number of hydrogen-bond acceptors (Lipinski definition) is 4. The van der Waals surface area contributed by atoms with Gasteiger partial charge >= 0.3 is 11.5 Å². The zero-order chi connectivity index (χ0) is 22.8. The first-order valence-corrected chi connectivity index (χ1v) is 9.46. The maximum atomic E-state index is 13.9. The van der Waals surface area contributed by atoms with E-state index in [4.69, 9.17) is 5.21 Å². The molecule has 0 bridgehead atoms. The molecule has 2 heterocycles. The van der Waals surface area contributed by atoms with Gasteiger partial charge in [0.1, 0.15) is 11.6 Å². The molecule has 4 aromatic rings. The van der Waals surface area contributed by atoms with Crippen molar-refractivity contribution in [2.24, 2.45) is 0 Å². The molecule has 9 nitrogen and oxygen atoms in total. The van der Waals surface area contributed by atoms with Crippen molar-refractivity contribution in [1.29, 1.82) is 0 Å². The Kier molecular flexibility index (Phi) is 5.34. The monoisotopic (exact) mass is 435 g/mol. The first-order valence-electron chi connectivity index (χ1n) is 9.46. The second-order valence-electron chi connectivity index (χ2n) is 7.04. The fourth-order valence-electron chi connectivity index (χ4n) is 3.12. The van der Waals surface area contributed by atoms with Gasteiger partial charge in [-0.3, -0.25) is 4.79 Å². The topological polar surface area (TPSA) is 122 Å². The highest BCUT2D eigenvalue weighted by atomic mass is 19.1. The normalized spacial score (nSPS) is 11.2. The number of amides is 1. The van der Waals surface area contributed by atoms with Crippen LogP contribution in [0.5, 0.6) is 0 Å². The second-order valence-corrected chi connectivity index (χ2v) is 7.04. The average Bonchev–Trinajstić information content (AvgIpc) is 3.09. The molecule has 0 aliphatic rings. The summed E-state index contributed by atoms with van der Waals surface area (Å²) in [6.07, 6.45) is 4.02. The number of hydrogen-bond donors (Lipinski definition) is 4. The van der Waals surface area contributed by atoms with Crippen LogP contribution in [0.4, 0.5) is 15.9 Å². The van der Waals surface area contributed by atoms with Gasteiger partial charge in [-0.15, -0.1) is 0 Å². The largest absolute Gasteiger partial charge is 0.349 e. The Balaban J connectivity index is 1.50. The molecule has 0 saturated carbocycles. The van der Waals surface area contributed by atoms with Crippen LogP contribution in [0, 0.1) is 17.6 Å². The van der Waals surface area contributed by atoms with Crippen molar-refractivity contribution < 1.29 is 29.3 Å². The zero-order valence-electron chi connectivity index (χ0n) is 16.8. The van der Waals surface area contributed by atoms with E-state index in [1.807, 2.05) is 0 Å². The number of nitrogens with zero attached hydrogens (tertiary/aromatic N) is 3. The van der Waals surface area contributed by atoms with E-state index in [2.05, 4.69) is 15.3 Å². The molecule has 2 aromatic heterocycles. The van der Waals surface area contributed by atoms with Crippen molar-refractivity contribution in [3.8, 4) is 11.4 Å². The Hall–Kier alpha value is -4.60. The number of benzene rings is 2. The first kappa shape index (κ1) is 20.7. The fourth-order valence-corrected chi connectivity index (χ4v) is 3.12. The molecule has 1 amide bonds. The fraction of sp³-hybridized carbons (Fsp3) is 0.0455. The van der Waals surface area contributed by atoms with Crippen molar-refractivity contribution >= 4 is 34.5 Å². The Labute approximate surface area is 180 Å². The van der Waals surface area contributed by atoms with E-state index in [0.29, 0.717) is 16.6 Å². The predicted molar refractivity (Wildman–Crippen MR) is 113 cm³/mol. The third kappa shape index (κ3) is 4.15. The molecule has 0 aliphatic heterocycles. The molecule has 10 heteroatoms. The number of H-pyrrole nitrogens is 1. The molecule has 0 aliphatic carbocycles. The Bertz CT molecular complexity index is 1380. The van der Waals surface area contributed by atoms with E-state index < -0.39 is 11.7 Å². The number of halogens is 1. The lowest BCUT2D eigenvalue weighted by Gasteiger charge is -2.02. The minimum absolute atomic E-state index is 0.0411. The standard InChI is InChI=1S/C22H16FN5O4/c1-13-2-3-14(17(23)10-13)5-9-21(29)26-20-8-4-15(12-24-20)22-25-18-7-6-16(28(31)32)11-19(18)27(22)30/h2-12,30H,1H3,(H-,24,25,26,29,31,32)/p+2/b9-5+. The number of nitrogens with one attached hydrogen (secondary N) is 2. The van der Waals surface area contributed by atoms with Crippen LogP contribution in [-0.4, -0.2) is 31.2 Å². The smallest absolute Gasteiger partial charge is 0.328 e. The molecule has 0 saturated heterocycles. The minimum atomic E-state index is -0.480. The van der Waals surface area contributed by atoms with Gasteiger partial charge in [0.05, 0.1) is 16.5 Å². The molecule has 0 spiro atoms. The van der Waals surface area contributed by atoms with Gasteiger partial charge in [-0.05, 0) is 47.6 Å². The van der Waals surface area contributed by atoms with E-state index in [-0.39, 0.29) is 27.8 Å². The molecule has 2 aromatic carbocycles. The summed E-state index contributed by atoms with van der Waals surface area (Å²) in [6, 6.07) is 12.1. The molecule has 0 fully saturated rings. The highest BCUT2D eigenvalue weighted by Crippen LogP contribution is 2.22. The number of carbonyl (C=O) groups excluding carboxylic acids is 1. The van der Waals surface area contributed by atoms with E-state index >= 15 is 0 Å². The van der Waals surface area contributed by atoms with E-state index in [1.54, 1.807) is 25.1 Å². The maximum absolute atomic E-state index is 13.9. The van der Waals surface area contributed by atoms with Crippen molar-refractivity contribution in [2.75, 3.05) is 5.32 Å². The lowest BCUT2D eigenvalue weighted by molar-refractivity contribution is -0.875. The zero-order valence-corrected chi connectivity index (χ0v) is 16.8. The number of anilines is 1. The third-order valence-electron chi connectivity index (χ3n) is 4.75. The van der Waals surface area contributed by atoms with Crippen LogP contribution in [-0.2, 0) is 4.79 Å². The molecule has 0 atom stereocenters. The first-order chi connectivity index (χ1) is 15.3. The van der Waals surface area contributed by atoms with Gasteiger partial charge < -0.3 is 10.5 Å². The second kappa shape index (κ2) is 8.26. The summed E-state index contributed by atoms with van der Waals surface area (Å²) in [7, 11) is 0. The van der Waals surface area contributed by atoms with Gasteiger partial charge in [-0.2, -0.15) is 0 Å². The Morgan fingerprint density at radius 1 is 1.22 bits per heavy atom. The van der Waals surface area contributed by atoms with Gasteiger partial charge in [0, 0.05) is 23.9 Å². The lowest BCUT2D eigenvalue weighted by Crippen LogP contribution is -2.31. The van der Waals surface area contributed by atoms with Gasteiger partial charge in [0.15, 0.2) is 5.52 Å². The average molecular weight is 435 g/mol. The number of pyridine rings is 1. The van der Waals surface area contributed by atoms with Crippen LogP contribution >= 0.6 is 0 Å². The van der Waals surface area contributed by atoms with Crippen LogP contribution in [0.1, 0.15) is 11.1 Å². The summed E-state index contributed by atoms with van der Waals surface area (Å²) in [6.45, 7) is 1.78. The Morgan fingerprint density at radius 2 is 2.03 bits per heavy atom. The summed E-state index contributed by atoms with van der Waals surface area (Å²) in [5.74, 6) is -0.349. The molecule has 4 rings (SSSR count). The van der Waals surface area contributed by atoms with Gasteiger partial charge in [-0.1, -0.05) is 12.1 Å². The number of imidazole rings is 1. The van der Waals surface area contributed by atoms with Crippen LogP contribution in [0.25, 0.3) is 28.5 Å². The maximum Gasteiger partial charge on any atom is 0.328 e.